The molecule has 0 amide bonds. The Morgan fingerprint density at radius 1 is 0.875 bits per heavy atom. The lowest BCUT2D eigenvalue weighted by atomic mass is 9.96. The highest BCUT2D eigenvalue weighted by molar-refractivity contribution is 6.39. The van der Waals surface area contributed by atoms with Crippen molar-refractivity contribution >= 4 is 45.0 Å². The summed E-state index contributed by atoms with van der Waals surface area (Å²) in [4.78, 5) is 4.74. The minimum absolute atomic E-state index is 0.559. The van der Waals surface area contributed by atoms with Crippen molar-refractivity contribution in [3.63, 3.8) is 0 Å². The topological polar surface area (TPSA) is 22.1 Å². The van der Waals surface area contributed by atoms with Crippen LogP contribution in [0.2, 0.25) is 10.0 Å². The number of methoxy groups -OCH3 is 1. The number of pyridine rings is 1. The number of rotatable bonds is 2. The van der Waals surface area contributed by atoms with Crippen molar-refractivity contribution in [2.45, 2.75) is 0 Å². The molecule has 24 heavy (non-hydrogen) atoms. The van der Waals surface area contributed by atoms with Gasteiger partial charge in [0.05, 0.1) is 23.2 Å². The Morgan fingerprint density at radius 3 is 2.38 bits per heavy atom. The van der Waals surface area contributed by atoms with Crippen LogP contribution in [0.5, 0.6) is 5.75 Å². The van der Waals surface area contributed by atoms with Crippen molar-refractivity contribution in [3.8, 4) is 16.9 Å². The van der Waals surface area contributed by atoms with E-state index in [-0.39, 0.29) is 0 Å². The van der Waals surface area contributed by atoms with Gasteiger partial charge in [0, 0.05) is 21.4 Å². The van der Waals surface area contributed by atoms with Crippen LogP contribution in [-0.4, -0.2) is 12.1 Å². The van der Waals surface area contributed by atoms with Crippen LogP contribution in [0.1, 0.15) is 0 Å². The van der Waals surface area contributed by atoms with Crippen LogP contribution < -0.4 is 4.74 Å². The highest BCUT2D eigenvalue weighted by Crippen LogP contribution is 2.42. The van der Waals surface area contributed by atoms with Gasteiger partial charge in [-0.1, -0.05) is 53.5 Å². The zero-order valence-electron chi connectivity index (χ0n) is 12.9. The maximum atomic E-state index is 6.64. The van der Waals surface area contributed by atoms with Crippen LogP contribution in [0, 0.1) is 0 Å². The largest absolute Gasteiger partial charge is 0.495 e. The number of benzene rings is 3. The Bertz CT molecular complexity index is 1060. The summed E-state index contributed by atoms with van der Waals surface area (Å²) in [7, 11) is 1.61. The fourth-order valence-electron chi connectivity index (χ4n) is 3.01. The van der Waals surface area contributed by atoms with E-state index in [9.17, 15) is 0 Å². The fraction of sp³-hybridized carbons (Fsp3) is 0.0500. The van der Waals surface area contributed by atoms with Crippen LogP contribution >= 0.6 is 23.2 Å². The van der Waals surface area contributed by atoms with E-state index in [2.05, 4.69) is 12.1 Å². The van der Waals surface area contributed by atoms with Crippen LogP contribution in [0.25, 0.3) is 32.9 Å². The van der Waals surface area contributed by atoms with Gasteiger partial charge in [0.2, 0.25) is 0 Å². The fourth-order valence-corrected chi connectivity index (χ4v) is 3.51. The molecule has 0 aliphatic carbocycles. The highest BCUT2D eigenvalue weighted by atomic mass is 35.5. The number of aromatic nitrogens is 1. The third-order valence-corrected chi connectivity index (χ3v) is 4.70. The maximum Gasteiger partial charge on any atom is 0.138 e. The zero-order valence-corrected chi connectivity index (χ0v) is 14.4. The summed E-state index contributed by atoms with van der Waals surface area (Å²) >= 11 is 12.9. The van der Waals surface area contributed by atoms with Gasteiger partial charge in [-0.2, -0.15) is 0 Å². The van der Waals surface area contributed by atoms with Gasteiger partial charge >= 0.3 is 0 Å². The molecule has 0 N–H and O–H groups in total. The van der Waals surface area contributed by atoms with Crippen molar-refractivity contribution in [3.05, 3.63) is 70.7 Å². The average molecular weight is 354 g/mol. The third-order valence-electron chi connectivity index (χ3n) is 4.09. The van der Waals surface area contributed by atoms with Crippen LogP contribution in [0.15, 0.2) is 60.7 Å². The zero-order chi connectivity index (χ0) is 16.7. The van der Waals surface area contributed by atoms with Crippen molar-refractivity contribution in [2.24, 2.45) is 0 Å². The Hall–Kier alpha value is -2.29. The summed E-state index contributed by atoms with van der Waals surface area (Å²) in [6.07, 6.45) is 0. The molecule has 3 aromatic carbocycles. The molecule has 0 bridgehead atoms. The normalized spacial score (nSPS) is 11.1. The molecular formula is C20H13Cl2NO. The third kappa shape index (κ3) is 2.39. The molecule has 4 rings (SSSR count). The molecule has 0 atom stereocenters. The molecule has 0 unspecified atom stereocenters. The lowest BCUT2D eigenvalue weighted by molar-refractivity contribution is 0.415. The molecule has 4 aromatic rings. The van der Waals surface area contributed by atoms with Crippen molar-refractivity contribution < 1.29 is 4.74 Å². The summed E-state index contributed by atoms with van der Waals surface area (Å²) in [6.45, 7) is 0. The summed E-state index contributed by atoms with van der Waals surface area (Å²) in [5.74, 6) is 0.629. The number of ether oxygens (including phenoxy) is 1. The molecule has 0 radical (unpaired) electrons. The molecular weight excluding hydrogens is 341 g/mol. The second kappa shape index (κ2) is 5.97. The molecule has 0 saturated heterocycles. The van der Waals surface area contributed by atoms with Gasteiger partial charge in [-0.15, -0.1) is 0 Å². The molecule has 0 aliphatic rings. The summed E-state index contributed by atoms with van der Waals surface area (Å²) in [5.41, 5.74) is 3.79. The first-order chi connectivity index (χ1) is 11.7. The van der Waals surface area contributed by atoms with E-state index in [0.29, 0.717) is 15.8 Å². The predicted octanol–water partition coefficient (Wildman–Crippen LogP) is 6.37. The molecule has 4 heteroatoms. The van der Waals surface area contributed by atoms with Gasteiger partial charge in [-0.3, -0.25) is 0 Å². The van der Waals surface area contributed by atoms with E-state index in [1.165, 1.54) is 0 Å². The van der Waals surface area contributed by atoms with Gasteiger partial charge in [0.15, 0.2) is 0 Å². The van der Waals surface area contributed by atoms with Gasteiger partial charge in [-0.05, 0) is 35.9 Å². The van der Waals surface area contributed by atoms with Gasteiger partial charge < -0.3 is 4.74 Å². The van der Waals surface area contributed by atoms with E-state index in [0.717, 1.165) is 32.9 Å². The van der Waals surface area contributed by atoms with E-state index in [4.69, 9.17) is 32.9 Å². The van der Waals surface area contributed by atoms with E-state index < -0.39 is 0 Å². The smallest absolute Gasteiger partial charge is 0.138 e. The predicted molar refractivity (Wildman–Crippen MR) is 101 cm³/mol. The Morgan fingerprint density at radius 2 is 1.62 bits per heavy atom. The quantitative estimate of drug-likeness (QED) is 0.390. The van der Waals surface area contributed by atoms with Crippen LogP contribution in [0.3, 0.4) is 0 Å². The van der Waals surface area contributed by atoms with Crippen molar-refractivity contribution in [1.29, 1.82) is 0 Å². The molecule has 2 nitrogen and oxygen atoms in total. The molecule has 1 aromatic heterocycles. The summed E-state index contributed by atoms with van der Waals surface area (Å²) < 4.78 is 5.39. The van der Waals surface area contributed by atoms with Gasteiger partial charge in [-0.25, -0.2) is 4.98 Å². The van der Waals surface area contributed by atoms with Crippen LogP contribution in [-0.2, 0) is 0 Å². The average Bonchev–Trinajstić information content (AvgIpc) is 2.61. The molecule has 0 saturated carbocycles. The maximum absolute atomic E-state index is 6.64. The number of hydrogen-bond donors (Lipinski definition) is 0. The molecule has 0 spiro atoms. The Labute approximate surface area is 149 Å². The van der Waals surface area contributed by atoms with Gasteiger partial charge in [0.1, 0.15) is 5.75 Å². The summed E-state index contributed by atoms with van der Waals surface area (Å²) in [6, 6.07) is 19.6. The second-order valence-corrected chi connectivity index (χ2v) is 6.30. The van der Waals surface area contributed by atoms with E-state index in [1.807, 2.05) is 48.5 Å². The molecule has 1 heterocycles. The molecule has 118 valence electrons. The minimum Gasteiger partial charge on any atom is -0.495 e. The van der Waals surface area contributed by atoms with E-state index >= 15 is 0 Å². The monoisotopic (exact) mass is 353 g/mol. The first-order valence-electron chi connectivity index (χ1n) is 7.50. The number of nitrogens with zero attached hydrogens (tertiary/aromatic N) is 1. The minimum atomic E-state index is 0.559. The van der Waals surface area contributed by atoms with Crippen LogP contribution in [0.4, 0.5) is 0 Å². The lowest BCUT2D eigenvalue weighted by Gasteiger charge is -2.14. The summed E-state index contributed by atoms with van der Waals surface area (Å²) in [5, 5.41) is 3.07. The van der Waals surface area contributed by atoms with Gasteiger partial charge in [0.25, 0.3) is 0 Å². The first-order valence-corrected chi connectivity index (χ1v) is 8.25. The number of halogens is 2. The van der Waals surface area contributed by atoms with Crippen molar-refractivity contribution in [2.75, 3.05) is 7.11 Å². The standard InChI is InChI=1S/C20H13Cl2NO/c1-24-17-10-9-16-19(20(17)22)18(12-5-3-2-4-6-12)14-11-13(21)7-8-15(14)23-16/h2-11H,1H3. The number of fused-ring (bicyclic) bond motifs is 2. The molecule has 0 fully saturated rings. The highest BCUT2D eigenvalue weighted by Gasteiger charge is 2.16. The second-order valence-electron chi connectivity index (χ2n) is 5.49. The Balaban J connectivity index is 2.26. The SMILES string of the molecule is COc1ccc2nc3ccc(Cl)cc3c(-c3ccccc3)c2c1Cl. The first kappa shape index (κ1) is 15.3. The Kier molecular flexibility index (Phi) is 3.79. The molecule has 0 aliphatic heterocycles. The lowest BCUT2D eigenvalue weighted by Crippen LogP contribution is -1.92. The van der Waals surface area contributed by atoms with E-state index in [1.54, 1.807) is 7.11 Å². The van der Waals surface area contributed by atoms with Crippen molar-refractivity contribution in [1.82, 2.24) is 4.98 Å². The number of hydrogen-bond acceptors (Lipinski definition) is 2.